The predicted molar refractivity (Wildman–Crippen MR) is 81.7 cm³/mol. The zero-order valence-corrected chi connectivity index (χ0v) is 12.2. The summed E-state index contributed by atoms with van der Waals surface area (Å²) in [6.07, 6.45) is 6.49. The lowest BCUT2D eigenvalue weighted by molar-refractivity contribution is 0.172. The molecule has 0 fully saturated rings. The fourth-order valence-corrected chi connectivity index (χ4v) is 3.18. The molecule has 2 heterocycles. The number of H-pyrrole nitrogens is 1. The Bertz CT molecular complexity index is 532. The van der Waals surface area contributed by atoms with Gasteiger partial charge in [-0.05, 0) is 18.4 Å². The maximum atomic E-state index is 4.56. The molecule has 106 valence electrons. The van der Waals surface area contributed by atoms with Crippen LogP contribution in [0.15, 0.2) is 36.7 Å². The van der Waals surface area contributed by atoms with Crippen LogP contribution in [0.1, 0.15) is 42.8 Å². The zero-order chi connectivity index (χ0) is 13.8. The van der Waals surface area contributed by atoms with Crippen LogP contribution in [-0.2, 0) is 12.8 Å². The van der Waals surface area contributed by atoms with Gasteiger partial charge in [0.05, 0.1) is 18.1 Å². The topological polar surface area (TPSA) is 31.9 Å². The molecule has 0 saturated carbocycles. The molecule has 3 nitrogen and oxygen atoms in total. The van der Waals surface area contributed by atoms with Gasteiger partial charge in [0.2, 0.25) is 0 Å². The Morgan fingerprint density at radius 3 is 2.95 bits per heavy atom. The number of nitrogens with zero attached hydrogens (tertiary/aromatic N) is 2. The van der Waals surface area contributed by atoms with Crippen molar-refractivity contribution in [2.24, 2.45) is 0 Å². The molecule has 3 rings (SSSR count). The first-order valence-electron chi connectivity index (χ1n) is 7.68. The summed E-state index contributed by atoms with van der Waals surface area (Å²) in [5.74, 6) is 0. The van der Waals surface area contributed by atoms with E-state index in [1.807, 2.05) is 6.33 Å². The van der Waals surface area contributed by atoms with Gasteiger partial charge in [0.15, 0.2) is 0 Å². The Morgan fingerprint density at radius 2 is 2.15 bits per heavy atom. The van der Waals surface area contributed by atoms with Crippen LogP contribution < -0.4 is 0 Å². The molecule has 0 saturated heterocycles. The van der Waals surface area contributed by atoms with Crippen LogP contribution in [0.2, 0.25) is 0 Å². The molecule has 0 aliphatic carbocycles. The van der Waals surface area contributed by atoms with Crippen molar-refractivity contribution < 1.29 is 0 Å². The van der Waals surface area contributed by atoms with Gasteiger partial charge < -0.3 is 4.98 Å². The molecule has 1 aliphatic heterocycles. The second-order valence-corrected chi connectivity index (χ2v) is 5.59. The average Bonchev–Trinajstić information content (AvgIpc) is 2.96. The van der Waals surface area contributed by atoms with Gasteiger partial charge in [-0.15, -0.1) is 0 Å². The van der Waals surface area contributed by atoms with Gasteiger partial charge in [-0.1, -0.05) is 43.7 Å². The molecule has 1 aromatic heterocycles. The summed E-state index contributed by atoms with van der Waals surface area (Å²) in [5, 5.41) is 0. The smallest absolute Gasteiger partial charge is 0.0925 e. The third kappa shape index (κ3) is 2.78. The fraction of sp³-hybridized carbons (Fsp3) is 0.471. The van der Waals surface area contributed by atoms with Gasteiger partial charge in [-0.2, -0.15) is 0 Å². The standard InChI is InChI=1S/C17H23N3/c1-2-6-16-17-15(18-13-19-17)10-12-20(16)11-9-14-7-4-3-5-8-14/h3-5,7-8,13,16H,2,6,9-12H2,1H3,(H,18,19)/t16-/m1/s1. The lowest BCUT2D eigenvalue weighted by Crippen LogP contribution is -2.37. The molecular weight excluding hydrogens is 246 g/mol. The first-order valence-corrected chi connectivity index (χ1v) is 7.68. The van der Waals surface area contributed by atoms with Gasteiger partial charge in [-0.25, -0.2) is 4.98 Å². The lowest BCUT2D eigenvalue weighted by atomic mass is 9.98. The van der Waals surface area contributed by atoms with Crippen molar-refractivity contribution >= 4 is 0 Å². The Kier molecular flexibility index (Phi) is 4.16. The maximum absolute atomic E-state index is 4.56. The van der Waals surface area contributed by atoms with E-state index in [1.165, 1.54) is 29.8 Å². The highest BCUT2D eigenvalue weighted by molar-refractivity contribution is 5.20. The molecule has 0 bridgehead atoms. The van der Waals surface area contributed by atoms with Crippen LogP contribution >= 0.6 is 0 Å². The Labute approximate surface area is 121 Å². The van der Waals surface area contributed by atoms with Crippen LogP contribution in [0, 0.1) is 0 Å². The van der Waals surface area contributed by atoms with E-state index in [0.717, 1.165) is 25.9 Å². The van der Waals surface area contributed by atoms with E-state index >= 15 is 0 Å². The number of imidazole rings is 1. The summed E-state index contributed by atoms with van der Waals surface area (Å²) in [7, 11) is 0. The molecule has 1 atom stereocenters. The number of hydrogen-bond donors (Lipinski definition) is 1. The highest BCUT2D eigenvalue weighted by atomic mass is 15.2. The van der Waals surface area contributed by atoms with Gasteiger partial charge >= 0.3 is 0 Å². The van der Waals surface area contributed by atoms with Gasteiger partial charge in [0, 0.05) is 25.2 Å². The first kappa shape index (κ1) is 13.4. The second kappa shape index (κ2) is 6.23. The number of aromatic amines is 1. The van der Waals surface area contributed by atoms with E-state index in [0.29, 0.717) is 6.04 Å². The molecule has 1 aromatic carbocycles. The number of aromatic nitrogens is 2. The Balaban J connectivity index is 1.69. The van der Waals surface area contributed by atoms with E-state index in [1.54, 1.807) is 0 Å². The number of nitrogens with one attached hydrogen (secondary N) is 1. The second-order valence-electron chi connectivity index (χ2n) is 5.59. The molecule has 3 heteroatoms. The van der Waals surface area contributed by atoms with Crippen molar-refractivity contribution in [3.05, 3.63) is 53.6 Å². The van der Waals surface area contributed by atoms with E-state index in [4.69, 9.17) is 0 Å². The number of benzene rings is 1. The van der Waals surface area contributed by atoms with Crippen LogP contribution in [-0.4, -0.2) is 28.0 Å². The normalized spacial score (nSPS) is 18.9. The zero-order valence-electron chi connectivity index (χ0n) is 12.2. The number of fused-ring (bicyclic) bond motifs is 1. The monoisotopic (exact) mass is 269 g/mol. The van der Waals surface area contributed by atoms with E-state index in [9.17, 15) is 0 Å². The van der Waals surface area contributed by atoms with Crippen molar-refractivity contribution in [1.82, 2.24) is 14.9 Å². The third-order valence-corrected chi connectivity index (χ3v) is 4.25. The van der Waals surface area contributed by atoms with Crippen molar-refractivity contribution in [3.8, 4) is 0 Å². The fourth-order valence-electron chi connectivity index (χ4n) is 3.18. The highest BCUT2D eigenvalue weighted by Crippen LogP contribution is 2.30. The predicted octanol–water partition coefficient (Wildman–Crippen LogP) is 3.35. The molecule has 0 spiro atoms. The minimum absolute atomic E-state index is 0.499. The largest absolute Gasteiger partial charge is 0.348 e. The maximum Gasteiger partial charge on any atom is 0.0925 e. The molecule has 0 amide bonds. The Morgan fingerprint density at radius 1 is 1.30 bits per heavy atom. The molecular formula is C17H23N3. The Hall–Kier alpha value is -1.61. The summed E-state index contributed by atoms with van der Waals surface area (Å²) < 4.78 is 0. The molecule has 1 aliphatic rings. The van der Waals surface area contributed by atoms with E-state index in [-0.39, 0.29) is 0 Å². The molecule has 0 radical (unpaired) electrons. The van der Waals surface area contributed by atoms with Crippen molar-refractivity contribution in [2.75, 3.05) is 13.1 Å². The van der Waals surface area contributed by atoms with Gasteiger partial charge in [0.25, 0.3) is 0 Å². The SMILES string of the molecule is CCC[C@@H]1c2nc[nH]c2CCN1CCc1ccccc1. The summed E-state index contributed by atoms with van der Waals surface area (Å²) in [4.78, 5) is 10.5. The minimum atomic E-state index is 0.499. The summed E-state index contributed by atoms with van der Waals surface area (Å²) >= 11 is 0. The van der Waals surface area contributed by atoms with E-state index in [2.05, 4.69) is 52.1 Å². The molecule has 0 unspecified atom stereocenters. The molecule has 1 N–H and O–H groups in total. The van der Waals surface area contributed by atoms with Crippen molar-refractivity contribution in [1.29, 1.82) is 0 Å². The quantitative estimate of drug-likeness (QED) is 0.902. The van der Waals surface area contributed by atoms with Crippen molar-refractivity contribution in [2.45, 2.75) is 38.6 Å². The number of hydrogen-bond acceptors (Lipinski definition) is 2. The highest BCUT2D eigenvalue weighted by Gasteiger charge is 2.28. The van der Waals surface area contributed by atoms with E-state index < -0.39 is 0 Å². The van der Waals surface area contributed by atoms with Gasteiger partial charge in [0.1, 0.15) is 0 Å². The van der Waals surface area contributed by atoms with Crippen LogP contribution in [0.5, 0.6) is 0 Å². The van der Waals surface area contributed by atoms with Crippen LogP contribution in [0.25, 0.3) is 0 Å². The molecule has 2 aromatic rings. The minimum Gasteiger partial charge on any atom is -0.348 e. The average molecular weight is 269 g/mol. The molecule has 20 heavy (non-hydrogen) atoms. The van der Waals surface area contributed by atoms with Crippen LogP contribution in [0.4, 0.5) is 0 Å². The summed E-state index contributed by atoms with van der Waals surface area (Å²) in [6.45, 7) is 4.53. The lowest BCUT2D eigenvalue weighted by Gasteiger charge is -2.34. The van der Waals surface area contributed by atoms with Crippen LogP contribution in [0.3, 0.4) is 0 Å². The summed E-state index contributed by atoms with van der Waals surface area (Å²) in [5.41, 5.74) is 4.06. The number of rotatable bonds is 5. The summed E-state index contributed by atoms with van der Waals surface area (Å²) in [6, 6.07) is 11.3. The third-order valence-electron chi connectivity index (χ3n) is 4.25. The first-order chi connectivity index (χ1) is 9.88. The van der Waals surface area contributed by atoms with Crippen molar-refractivity contribution in [3.63, 3.8) is 0 Å². The van der Waals surface area contributed by atoms with Gasteiger partial charge in [-0.3, -0.25) is 4.90 Å².